The minimum Gasteiger partial charge on any atom is -0.496 e. The predicted molar refractivity (Wildman–Crippen MR) is 189 cm³/mol. The molecule has 4 N–H and O–H groups in total. The van der Waals surface area contributed by atoms with Crippen molar-refractivity contribution >= 4 is 23.6 Å². The first-order valence-corrected chi connectivity index (χ1v) is 17.6. The van der Waals surface area contributed by atoms with E-state index < -0.39 is 12.2 Å². The third-order valence-corrected chi connectivity index (χ3v) is 9.72. The molecule has 0 saturated carbocycles. The first kappa shape index (κ1) is 36.1. The molecule has 0 aromatic heterocycles. The van der Waals surface area contributed by atoms with Gasteiger partial charge < -0.3 is 24.6 Å². The van der Waals surface area contributed by atoms with Crippen LogP contribution in [0.2, 0.25) is 0 Å². The van der Waals surface area contributed by atoms with E-state index in [4.69, 9.17) is 19.4 Å². The highest BCUT2D eigenvalue weighted by molar-refractivity contribution is 7.99. The van der Waals surface area contributed by atoms with Crippen LogP contribution < -0.4 is 15.5 Å². The third kappa shape index (κ3) is 10.4. The Labute approximate surface area is 292 Å². The number of para-hydroxylation sites is 1. The number of aliphatic hydroxyl groups is 1. The number of benzene rings is 4. The molecule has 1 aliphatic heterocycles. The van der Waals surface area contributed by atoms with E-state index in [2.05, 4.69) is 23.5 Å². The first-order valence-electron chi connectivity index (χ1n) is 16.6. The fourth-order valence-electron chi connectivity index (χ4n) is 5.81. The molecule has 49 heavy (non-hydrogen) atoms. The van der Waals surface area contributed by atoms with E-state index in [1.807, 2.05) is 78.9 Å². The van der Waals surface area contributed by atoms with Gasteiger partial charge in [0, 0.05) is 42.0 Å². The SMILES string of the molecule is COc1ccccc1SC[C@@H]1C[C@H](c2ccc(CO)cc2)O[C@H](c2ccc(-c3ccccc3CNC(=O)CCCCCC(=O)NO)cc2)O1. The summed E-state index contributed by atoms with van der Waals surface area (Å²) in [7, 11) is 1.68. The molecule has 258 valence electrons. The Bertz CT molecular complexity index is 1650. The van der Waals surface area contributed by atoms with E-state index in [-0.39, 0.29) is 31.1 Å². The van der Waals surface area contributed by atoms with Crippen molar-refractivity contribution in [2.24, 2.45) is 0 Å². The van der Waals surface area contributed by atoms with E-state index in [1.165, 1.54) is 0 Å². The van der Waals surface area contributed by atoms with Crippen LogP contribution >= 0.6 is 11.8 Å². The molecule has 4 aromatic rings. The summed E-state index contributed by atoms with van der Waals surface area (Å²) in [5, 5.41) is 21.2. The van der Waals surface area contributed by atoms with Crippen LogP contribution in [0.3, 0.4) is 0 Å². The molecule has 0 aliphatic carbocycles. The van der Waals surface area contributed by atoms with Gasteiger partial charge in [0.1, 0.15) is 5.75 Å². The molecular weight excluding hydrogens is 641 g/mol. The highest BCUT2D eigenvalue weighted by Crippen LogP contribution is 2.41. The number of hydrogen-bond donors (Lipinski definition) is 4. The molecule has 0 unspecified atom stereocenters. The van der Waals surface area contributed by atoms with Gasteiger partial charge >= 0.3 is 0 Å². The fourth-order valence-corrected chi connectivity index (χ4v) is 6.85. The number of thioether (sulfide) groups is 1. The average molecular weight is 685 g/mol. The van der Waals surface area contributed by atoms with Gasteiger partial charge in [-0.3, -0.25) is 14.8 Å². The Morgan fingerprint density at radius 3 is 2.27 bits per heavy atom. The van der Waals surface area contributed by atoms with Crippen molar-refractivity contribution in [1.29, 1.82) is 0 Å². The van der Waals surface area contributed by atoms with Gasteiger partial charge in [0.2, 0.25) is 11.8 Å². The van der Waals surface area contributed by atoms with Crippen LogP contribution in [0.1, 0.15) is 73.2 Å². The van der Waals surface area contributed by atoms with Crippen molar-refractivity contribution in [2.75, 3.05) is 12.9 Å². The standard InChI is InChI=1S/C39H44N2O7S/c1-46-34-11-7-8-12-36(34)49-26-32-23-35(29-17-15-27(25-42)16-18-29)48-39(47-32)30-21-19-28(20-22-30)33-10-6-5-9-31(33)24-40-37(43)13-3-2-4-14-38(44)41-45/h5-12,15-22,32,35,39,42,45H,2-4,13-14,23-26H2,1H3,(H,40,43)(H,41,44)/t32-,35+,39+/m0/s1. The van der Waals surface area contributed by atoms with Gasteiger partial charge in [-0.1, -0.05) is 91.3 Å². The summed E-state index contributed by atoms with van der Waals surface area (Å²) in [5.74, 6) is 1.11. The monoisotopic (exact) mass is 684 g/mol. The van der Waals surface area contributed by atoms with Crippen LogP contribution in [-0.4, -0.2) is 41.1 Å². The lowest BCUT2D eigenvalue weighted by Crippen LogP contribution is -2.31. The number of unbranched alkanes of at least 4 members (excludes halogenated alkanes) is 2. The molecule has 2 amide bonds. The Balaban J connectivity index is 1.25. The maximum absolute atomic E-state index is 12.5. The van der Waals surface area contributed by atoms with Crippen LogP contribution in [0.4, 0.5) is 0 Å². The number of aliphatic hydroxyl groups excluding tert-OH is 1. The third-order valence-electron chi connectivity index (χ3n) is 8.53. The van der Waals surface area contributed by atoms with Gasteiger partial charge in [-0.25, -0.2) is 5.48 Å². The molecular formula is C39H44N2O7S. The number of amides is 2. The van der Waals surface area contributed by atoms with Gasteiger partial charge in [-0.2, -0.15) is 0 Å². The summed E-state index contributed by atoms with van der Waals surface area (Å²) in [4.78, 5) is 24.7. The van der Waals surface area contributed by atoms with Crippen molar-refractivity contribution in [1.82, 2.24) is 10.8 Å². The minimum atomic E-state index is -0.568. The zero-order valence-electron chi connectivity index (χ0n) is 27.7. The fraction of sp³-hybridized carbons (Fsp3) is 0.333. The Morgan fingerprint density at radius 1 is 0.837 bits per heavy atom. The molecule has 1 heterocycles. The summed E-state index contributed by atoms with van der Waals surface area (Å²) in [6.07, 6.45) is 2.51. The van der Waals surface area contributed by atoms with Crippen LogP contribution in [0.5, 0.6) is 5.75 Å². The van der Waals surface area contributed by atoms with Crippen molar-refractivity contribution in [3.63, 3.8) is 0 Å². The maximum Gasteiger partial charge on any atom is 0.243 e. The van der Waals surface area contributed by atoms with Crippen LogP contribution in [-0.2, 0) is 32.2 Å². The largest absolute Gasteiger partial charge is 0.496 e. The second-order valence-electron chi connectivity index (χ2n) is 12.0. The lowest BCUT2D eigenvalue weighted by molar-refractivity contribution is -0.245. The predicted octanol–water partition coefficient (Wildman–Crippen LogP) is 7.26. The number of methoxy groups -OCH3 is 1. The molecule has 3 atom stereocenters. The maximum atomic E-state index is 12.5. The first-order chi connectivity index (χ1) is 24.0. The Hall–Kier alpha value is -4.19. The van der Waals surface area contributed by atoms with Gasteiger partial charge in [-0.05, 0) is 52.8 Å². The summed E-state index contributed by atoms with van der Waals surface area (Å²) in [6, 6.07) is 32.1. The molecule has 4 aromatic carbocycles. The van der Waals surface area contributed by atoms with Crippen LogP contribution in [0.25, 0.3) is 11.1 Å². The van der Waals surface area contributed by atoms with Crippen molar-refractivity contribution in [2.45, 2.75) is 75.1 Å². The summed E-state index contributed by atoms with van der Waals surface area (Å²) < 4.78 is 18.7. The molecule has 9 nitrogen and oxygen atoms in total. The second kappa shape index (κ2) is 18.5. The topological polar surface area (TPSA) is 126 Å². The van der Waals surface area contributed by atoms with Gasteiger partial charge in [0.25, 0.3) is 0 Å². The zero-order chi connectivity index (χ0) is 34.4. The zero-order valence-corrected chi connectivity index (χ0v) is 28.5. The highest BCUT2D eigenvalue weighted by atomic mass is 32.2. The van der Waals surface area contributed by atoms with E-state index >= 15 is 0 Å². The van der Waals surface area contributed by atoms with Crippen molar-refractivity contribution < 1.29 is 34.1 Å². The second-order valence-corrected chi connectivity index (χ2v) is 13.0. The normalized spacial score (nSPS) is 17.3. The average Bonchev–Trinajstić information content (AvgIpc) is 3.16. The van der Waals surface area contributed by atoms with Crippen LogP contribution in [0, 0.1) is 0 Å². The molecule has 0 spiro atoms. The summed E-state index contributed by atoms with van der Waals surface area (Å²) in [6.45, 7) is 0.396. The molecule has 1 aliphatic rings. The van der Waals surface area contributed by atoms with Gasteiger partial charge in [-0.15, -0.1) is 11.8 Å². The quantitative estimate of drug-likeness (QED) is 0.0421. The number of hydrogen-bond acceptors (Lipinski definition) is 8. The Morgan fingerprint density at radius 2 is 1.53 bits per heavy atom. The smallest absolute Gasteiger partial charge is 0.243 e. The number of carbonyl (C=O) groups is 2. The number of nitrogens with one attached hydrogen (secondary N) is 2. The van der Waals surface area contributed by atoms with Gasteiger partial charge in [0.05, 0.1) is 25.9 Å². The number of hydroxylamine groups is 1. The lowest BCUT2D eigenvalue weighted by atomic mass is 9.97. The van der Waals surface area contributed by atoms with E-state index in [9.17, 15) is 14.7 Å². The molecule has 1 saturated heterocycles. The molecule has 0 radical (unpaired) electrons. The van der Waals surface area contributed by atoms with Gasteiger partial charge in [0.15, 0.2) is 6.29 Å². The van der Waals surface area contributed by atoms with Crippen LogP contribution in [0.15, 0.2) is 102 Å². The molecule has 1 fully saturated rings. The van der Waals surface area contributed by atoms with E-state index in [0.717, 1.165) is 56.2 Å². The van der Waals surface area contributed by atoms with E-state index in [0.29, 0.717) is 32.2 Å². The van der Waals surface area contributed by atoms with E-state index in [1.54, 1.807) is 24.4 Å². The number of rotatable bonds is 16. The highest BCUT2D eigenvalue weighted by Gasteiger charge is 2.32. The number of ether oxygens (including phenoxy) is 3. The van der Waals surface area contributed by atoms with Crippen molar-refractivity contribution in [3.05, 3.63) is 119 Å². The number of carbonyl (C=O) groups excluding carboxylic acids is 2. The lowest BCUT2D eigenvalue weighted by Gasteiger charge is -2.36. The summed E-state index contributed by atoms with van der Waals surface area (Å²) >= 11 is 1.70. The Kier molecular flexibility index (Phi) is 13.7. The molecule has 10 heteroatoms. The minimum absolute atomic E-state index is 0.00733. The molecule has 5 rings (SSSR count). The summed E-state index contributed by atoms with van der Waals surface area (Å²) in [5.41, 5.74) is 7.49. The molecule has 0 bridgehead atoms. The van der Waals surface area contributed by atoms with Crippen molar-refractivity contribution in [3.8, 4) is 16.9 Å².